The maximum absolute atomic E-state index is 12.9. The van der Waals surface area contributed by atoms with Crippen LogP contribution >= 0.6 is 0 Å². The smallest absolute Gasteiger partial charge is 0.259 e. The number of anilines is 1. The number of methoxy groups -OCH3 is 1. The Kier molecular flexibility index (Phi) is 4.82. The number of aromatic nitrogens is 2. The number of likely N-dealkylation sites (N-methyl/N-ethyl adjacent to an activating group) is 1. The van der Waals surface area contributed by atoms with Gasteiger partial charge in [0.15, 0.2) is 0 Å². The number of amides is 2. The molecule has 3 aromatic carbocycles. The van der Waals surface area contributed by atoms with Crippen LogP contribution in [0.3, 0.4) is 0 Å². The molecule has 0 N–H and O–H groups in total. The first-order valence-corrected chi connectivity index (χ1v) is 10.1. The third kappa shape index (κ3) is 3.35. The van der Waals surface area contributed by atoms with E-state index in [9.17, 15) is 9.59 Å². The van der Waals surface area contributed by atoms with Gasteiger partial charge >= 0.3 is 0 Å². The van der Waals surface area contributed by atoms with Crippen LogP contribution in [-0.2, 0) is 11.3 Å². The van der Waals surface area contributed by atoms with Crippen molar-refractivity contribution in [3.8, 4) is 17.1 Å². The number of benzene rings is 3. The lowest BCUT2D eigenvalue weighted by Crippen LogP contribution is -2.39. The first kappa shape index (κ1) is 19.7. The molecule has 0 spiro atoms. The first-order valence-electron chi connectivity index (χ1n) is 10.1. The highest BCUT2D eigenvalue weighted by Crippen LogP contribution is 2.37. The molecule has 1 aliphatic heterocycles. The van der Waals surface area contributed by atoms with E-state index in [1.165, 1.54) is 9.80 Å². The average molecular weight is 428 g/mol. The first-order chi connectivity index (χ1) is 15.5. The van der Waals surface area contributed by atoms with Crippen molar-refractivity contribution < 1.29 is 18.8 Å². The Labute approximate surface area is 184 Å². The summed E-state index contributed by atoms with van der Waals surface area (Å²) in [5.74, 6) is 1.00. The van der Waals surface area contributed by atoms with E-state index >= 15 is 0 Å². The fraction of sp³-hybridized carbons (Fsp3) is 0.167. The fourth-order valence-electron chi connectivity index (χ4n) is 3.88. The monoisotopic (exact) mass is 428 g/mol. The SMILES string of the molecule is COc1cccc(-c2noc(CN(C)C(=O)CN3C(=O)c4cccc5cccc3c45)n2)c1. The van der Waals surface area contributed by atoms with Crippen LogP contribution in [0.25, 0.3) is 22.2 Å². The van der Waals surface area contributed by atoms with Gasteiger partial charge in [-0.2, -0.15) is 4.98 Å². The summed E-state index contributed by atoms with van der Waals surface area (Å²) in [5, 5.41) is 5.86. The maximum Gasteiger partial charge on any atom is 0.259 e. The molecule has 0 atom stereocenters. The fourth-order valence-corrected chi connectivity index (χ4v) is 3.88. The van der Waals surface area contributed by atoms with Crippen LogP contribution in [0.1, 0.15) is 16.2 Å². The topological polar surface area (TPSA) is 88.8 Å². The van der Waals surface area contributed by atoms with Crippen molar-refractivity contribution in [2.45, 2.75) is 6.54 Å². The van der Waals surface area contributed by atoms with Gasteiger partial charge < -0.3 is 14.2 Å². The summed E-state index contributed by atoms with van der Waals surface area (Å²) in [7, 11) is 3.23. The molecule has 1 aromatic heterocycles. The van der Waals surface area contributed by atoms with E-state index in [4.69, 9.17) is 9.26 Å². The van der Waals surface area contributed by atoms with Gasteiger partial charge in [-0.05, 0) is 29.7 Å². The molecule has 32 heavy (non-hydrogen) atoms. The molecule has 0 radical (unpaired) electrons. The van der Waals surface area contributed by atoms with Crippen LogP contribution < -0.4 is 9.64 Å². The van der Waals surface area contributed by atoms with Crippen LogP contribution in [-0.4, -0.2) is 47.6 Å². The molecule has 0 bridgehead atoms. The van der Waals surface area contributed by atoms with Crippen molar-refractivity contribution in [1.82, 2.24) is 15.0 Å². The number of ether oxygens (including phenoxy) is 1. The Morgan fingerprint density at radius 3 is 2.72 bits per heavy atom. The minimum absolute atomic E-state index is 0.0694. The summed E-state index contributed by atoms with van der Waals surface area (Å²) >= 11 is 0. The van der Waals surface area contributed by atoms with Gasteiger partial charge in [-0.25, -0.2) is 0 Å². The summed E-state index contributed by atoms with van der Waals surface area (Å²) in [6.07, 6.45) is 0. The molecule has 5 rings (SSSR count). The van der Waals surface area contributed by atoms with Gasteiger partial charge in [-0.3, -0.25) is 14.5 Å². The minimum Gasteiger partial charge on any atom is -0.497 e. The second-order valence-corrected chi connectivity index (χ2v) is 7.57. The molecular weight excluding hydrogens is 408 g/mol. The van der Waals surface area contributed by atoms with Crippen LogP contribution in [0.5, 0.6) is 5.75 Å². The molecule has 0 fully saturated rings. The molecule has 4 aromatic rings. The van der Waals surface area contributed by atoms with Crippen molar-refractivity contribution in [3.05, 3.63) is 72.1 Å². The van der Waals surface area contributed by atoms with Gasteiger partial charge in [0.25, 0.3) is 5.91 Å². The normalized spacial score (nSPS) is 12.4. The number of carbonyl (C=O) groups is 2. The molecule has 0 unspecified atom stereocenters. The van der Waals surface area contributed by atoms with Crippen molar-refractivity contribution in [3.63, 3.8) is 0 Å². The zero-order valence-electron chi connectivity index (χ0n) is 17.6. The zero-order valence-corrected chi connectivity index (χ0v) is 17.6. The van der Waals surface area contributed by atoms with E-state index in [-0.39, 0.29) is 24.9 Å². The van der Waals surface area contributed by atoms with E-state index < -0.39 is 0 Å². The summed E-state index contributed by atoms with van der Waals surface area (Å²) in [6, 6.07) is 18.6. The Bertz CT molecular complexity index is 1340. The van der Waals surface area contributed by atoms with Crippen molar-refractivity contribution in [1.29, 1.82) is 0 Å². The average Bonchev–Trinajstić information content (AvgIpc) is 3.39. The largest absolute Gasteiger partial charge is 0.497 e. The predicted molar refractivity (Wildman–Crippen MR) is 118 cm³/mol. The van der Waals surface area contributed by atoms with Gasteiger partial charge in [-0.15, -0.1) is 0 Å². The molecule has 0 saturated carbocycles. The number of rotatable bonds is 6. The maximum atomic E-state index is 12.9. The highest BCUT2D eigenvalue weighted by atomic mass is 16.5. The van der Waals surface area contributed by atoms with E-state index in [1.807, 2.05) is 48.5 Å². The zero-order chi connectivity index (χ0) is 22.2. The third-order valence-corrected chi connectivity index (χ3v) is 5.54. The lowest BCUT2D eigenvalue weighted by Gasteiger charge is -2.21. The van der Waals surface area contributed by atoms with Crippen molar-refractivity contribution in [2.75, 3.05) is 25.6 Å². The number of hydrogen-bond acceptors (Lipinski definition) is 6. The number of carbonyl (C=O) groups excluding carboxylic acids is 2. The van der Waals surface area contributed by atoms with Gasteiger partial charge in [0.2, 0.25) is 17.6 Å². The Balaban J connectivity index is 1.30. The molecule has 0 aliphatic carbocycles. The van der Waals surface area contributed by atoms with Gasteiger partial charge in [-0.1, -0.05) is 41.6 Å². The molecule has 8 nitrogen and oxygen atoms in total. The second-order valence-electron chi connectivity index (χ2n) is 7.57. The van der Waals surface area contributed by atoms with E-state index in [2.05, 4.69) is 10.1 Å². The van der Waals surface area contributed by atoms with Gasteiger partial charge in [0.05, 0.1) is 19.3 Å². The van der Waals surface area contributed by atoms with E-state index in [1.54, 1.807) is 26.3 Å². The van der Waals surface area contributed by atoms with Gasteiger partial charge in [0.1, 0.15) is 12.3 Å². The molecule has 1 aliphatic rings. The van der Waals surface area contributed by atoms with Crippen LogP contribution in [0.2, 0.25) is 0 Å². The lowest BCUT2D eigenvalue weighted by atomic mass is 10.1. The summed E-state index contributed by atoms with van der Waals surface area (Å²) < 4.78 is 10.5. The minimum atomic E-state index is -0.232. The lowest BCUT2D eigenvalue weighted by molar-refractivity contribution is -0.129. The predicted octanol–water partition coefficient (Wildman–Crippen LogP) is 3.52. The van der Waals surface area contributed by atoms with E-state index in [0.29, 0.717) is 23.0 Å². The Hall–Kier alpha value is -4.20. The van der Waals surface area contributed by atoms with Gasteiger partial charge in [0, 0.05) is 23.6 Å². The van der Waals surface area contributed by atoms with E-state index in [0.717, 1.165) is 22.0 Å². The van der Waals surface area contributed by atoms with Crippen LogP contribution in [0.15, 0.2) is 65.2 Å². The third-order valence-electron chi connectivity index (χ3n) is 5.54. The standard InChI is InChI=1S/C24H20N4O4/c1-27(13-20-25-23(26-32-20)16-8-3-9-17(12-16)31-2)21(29)14-28-19-11-5-7-15-6-4-10-18(22(15)19)24(28)30/h3-12H,13-14H2,1-2H3. The molecule has 2 amide bonds. The molecule has 8 heteroatoms. The molecule has 0 saturated heterocycles. The highest BCUT2D eigenvalue weighted by molar-refractivity contribution is 6.26. The Morgan fingerprint density at radius 1 is 1.12 bits per heavy atom. The molecule has 160 valence electrons. The van der Waals surface area contributed by atoms with Crippen molar-refractivity contribution in [2.24, 2.45) is 0 Å². The highest BCUT2D eigenvalue weighted by Gasteiger charge is 2.31. The second kappa shape index (κ2) is 7.81. The number of hydrogen-bond donors (Lipinski definition) is 0. The molecular formula is C24H20N4O4. The molecule has 2 heterocycles. The van der Waals surface area contributed by atoms with Crippen LogP contribution in [0.4, 0.5) is 5.69 Å². The van der Waals surface area contributed by atoms with Crippen LogP contribution in [0, 0.1) is 0 Å². The Morgan fingerprint density at radius 2 is 1.91 bits per heavy atom. The summed E-state index contributed by atoms with van der Waals surface area (Å²) in [5.41, 5.74) is 2.12. The summed E-state index contributed by atoms with van der Waals surface area (Å²) in [6.45, 7) is 0.0645. The van der Waals surface area contributed by atoms with Crippen molar-refractivity contribution >= 4 is 28.3 Å². The summed E-state index contributed by atoms with van der Waals surface area (Å²) in [4.78, 5) is 33.2. The quantitative estimate of drug-likeness (QED) is 0.467. The number of nitrogens with zero attached hydrogens (tertiary/aromatic N) is 4.